The van der Waals surface area contributed by atoms with Gasteiger partial charge >= 0.3 is 21.1 Å². The summed E-state index contributed by atoms with van der Waals surface area (Å²) >= 11 is 0. The van der Waals surface area contributed by atoms with Gasteiger partial charge in [-0.15, -0.1) is 0 Å². The fraction of sp³-hybridized carbons (Fsp3) is 0.500. The van der Waals surface area contributed by atoms with Crippen LogP contribution in [-0.4, -0.2) is 7.05 Å². The minimum absolute atomic E-state index is 0. The molecule has 0 aliphatic heterocycles. The Morgan fingerprint density at radius 3 is 1.33 bits per heavy atom. The molecule has 0 fully saturated rings. The van der Waals surface area contributed by atoms with Crippen LogP contribution < -0.4 is 5.32 Å². The van der Waals surface area contributed by atoms with Gasteiger partial charge in [0.2, 0.25) is 0 Å². The molecule has 1 N–H and O–H groups in total. The second-order valence-corrected chi connectivity index (χ2v) is 0.354. The Morgan fingerprint density at radius 1 is 1.33 bits per heavy atom. The van der Waals surface area contributed by atoms with E-state index in [0.717, 1.165) is 0 Å². The summed E-state index contributed by atoms with van der Waals surface area (Å²) in [4.78, 5) is 0. The van der Waals surface area contributed by atoms with Crippen molar-refractivity contribution in [2.45, 2.75) is 6.92 Å². The fourth-order valence-electron chi connectivity index (χ4n) is 0. The fourth-order valence-corrected chi connectivity index (χ4v) is 0. The van der Waals surface area contributed by atoms with Crippen molar-refractivity contribution >= 4 is 0 Å². The summed E-state index contributed by atoms with van der Waals surface area (Å²) in [6.07, 6.45) is 0. The third-order valence-corrected chi connectivity index (χ3v) is 0. The van der Waals surface area contributed by atoms with Gasteiger partial charge in [0.15, 0.2) is 0 Å². The van der Waals surface area contributed by atoms with Crippen LogP contribution in [-0.2, 0) is 21.1 Å². The van der Waals surface area contributed by atoms with Crippen LogP contribution in [0, 0.1) is 14.0 Å². The van der Waals surface area contributed by atoms with E-state index < -0.39 is 0 Å². The molecule has 0 aliphatic rings. The van der Waals surface area contributed by atoms with Crippen LogP contribution in [0.5, 0.6) is 0 Å². The molecule has 0 unspecified atom stereocenters. The van der Waals surface area contributed by atoms with E-state index in [0.29, 0.717) is 0 Å². The summed E-state index contributed by atoms with van der Waals surface area (Å²) in [5.74, 6) is 0. The van der Waals surface area contributed by atoms with E-state index in [1.807, 2.05) is 0 Å². The van der Waals surface area contributed by atoms with E-state index in [2.05, 4.69) is 19.3 Å². The van der Waals surface area contributed by atoms with Crippen molar-refractivity contribution < 1.29 is 21.1 Å². The molecule has 6 heavy (non-hydrogen) atoms. The standard InChI is InChI=1S/C2H6N.C2H5.W/c1-3-2;1-2;/h3H,1H2,2H3;1H2,2H3;/q2*-1;+2. The van der Waals surface area contributed by atoms with E-state index >= 15 is 0 Å². The van der Waals surface area contributed by atoms with Gasteiger partial charge < -0.3 is 12.2 Å². The molecule has 0 radical (unpaired) electrons. The molecule has 0 heterocycles. The predicted molar refractivity (Wildman–Crippen MR) is 25.4 cm³/mol. The zero-order chi connectivity index (χ0) is 4.71. The first-order valence-corrected chi connectivity index (χ1v) is 1.56. The number of rotatable bonds is 0. The van der Waals surface area contributed by atoms with Crippen molar-refractivity contribution in [2.24, 2.45) is 0 Å². The van der Waals surface area contributed by atoms with Crippen LogP contribution in [0.4, 0.5) is 0 Å². The minimum atomic E-state index is 0. The summed E-state index contributed by atoms with van der Waals surface area (Å²) in [6, 6.07) is 0. The van der Waals surface area contributed by atoms with Gasteiger partial charge in [-0.2, -0.15) is 6.92 Å². The van der Waals surface area contributed by atoms with Crippen LogP contribution in [0.1, 0.15) is 6.92 Å². The summed E-state index contributed by atoms with van der Waals surface area (Å²) in [7, 11) is 5.00. The van der Waals surface area contributed by atoms with E-state index in [9.17, 15) is 0 Å². The molecule has 0 saturated carbocycles. The molecule has 0 spiro atoms. The molecule has 2 heteroatoms. The van der Waals surface area contributed by atoms with E-state index in [-0.39, 0.29) is 21.1 Å². The Balaban J connectivity index is -0.0000000275. The van der Waals surface area contributed by atoms with Crippen molar-refractivity contribution in [1.82, 2.24) is 5.32 Å². The first kappa shape index (κ1) is 15.9. The third-order valence-electron chi connectivity index (χ3n) is 0. The quantitative estimate of drug-likeness (QED) is 0.634. The zero-order valence-electron chi connectivity index (χ0n) is 4.32. The summed E-state index contributed by atoms with van der Waals surface area (Å²) in [5.41, 5.74) is 0. The predicted octanol–water partition coefficient (Wildman–Crippen LogP) is 0.835. The van der Waals surface area contributed by atoms with E-state index in [4.69, 9.17) is 0 Å². The molecule has 0 atom stereocenters. The molecule has 0 rings (SSSR count). The number of hydrogen-bond acceptors (Lipinski definition) is 1. The molecule has 0 aromatic heterocycles. The van der Waals surface area contributed by atoms with Gasteiger partial charge in [-0.3, -0.25) is 7.05 Å². The van der Waals surface area contributed by atoms with Crippen molar-refractivity contribution in [1.29, 1.82) is 0 Å². The normalized spacial score (nSPS) is 4.00. The molecule has 0 aromatic carbocycles. The molecule has 0 bridgehead atoms. The molecule has 38 valence electrons. The Kier molecular flexibility index (Phi) is 119. The zero-order valence-corrected chi connectivity index (χ0v) is 7.26. The van der Waals surface area contributed by atoms with Crippen LogP contribution >= 0.6 is 0 Å². The van der Waals surface area contributed by atoms with Gasteiger partial charge in [0, 0.05) is 0 Å². The summed E-state index contributed by atoms with van der Waals surface area (Å²) in [6.45, 7) is 5.00. The molecule has 1 nitrogen and oxygen atoms in total. The summed E-state index contributed by atoms with van der Waals surface area (Å²) < 4.78 is 0. The number of nitrogens with one attached hydrogen (secondary N) is 1. The monoisotopic (exact) mass is 257 g/mol. The molecule has 0 aromatic rings. The third kappa shape index (κ3) is 147. The second kappa shape index (κ2) is 44.9. The van der Waals surface area contributed by atoms with Crippen LogP contribution in [0.2, 0.25) is 0 Å². The molecular weight excluding hydrogens is 246 g/mol. The van der Waals surface area contributed by atoms with E-state index in [1.165, 1.54) is 0 Å². The topological polar surface area (TPSA) is 12.0 Å². The maximum absolute atomic E-state index is 3.25. The van der Waals surface area contributed by atoms with Gasteiger partial charge in [0.1, 0.15) is 0 Å². The Hall–Kier alpha value is 0.648. The van der Waals surface area contributed by atoms with Crippen molar-refractivity contribution in [3.63, 3.8) is 0 Å². The minimum Gasteiger partial charge on any atom is -0.475 e. The maximum atomic E-state index is 3.25. The van der Waals surface area contributed by atoms with Gasteiger partial charge in [0.25, 0.3) is 0 Å². The Labute approximate surface area is 54.8 Å². The van der Waals surface area contributed by atoms with Gasteiger partial charge in [-0.1, -0.05) is 0 Å². The van der Waals surface area contributed by atoms with Crippen molar-refractivity contribution in [2.75, 3.05) is 7.05 Å². The van der Waals surface area contributed by atoms with Gasteiger partial charge in [-0.25, -0.2) is 0 Å². The average molecular weight is 257 g/mol. The second-order valence-electron chi connectivity index (χ2n) is 0.354. The van der Waals surface area contributed by atoms with E-state index in [1.54, 1.807) is 14.0 Å². The summed E-state index contributed by atoms with van der Waals surface area (Å²) in [5, 5.41) is 2.50. The number of hydrogen-bond donors (Lipinski definition) is 1. The Morgan fingerprint density at radius 2 is 1.33 bits per heavy atom. The first-order chi connectivity index (χ1) is 2.41. The van der Waals surface area contributed by atoms with Crippen molar-refractivity contribution in [3.8, 4) is 0 Å². The largest absolute Gasteiger partial charge is 2.00 e. The molecule has 0 aliphatic carbocycles. The van der Waals surface area contributed by atoms with Crippen LogP contribution in [0.25, 0.3) is 0 Å². The van der Waals surface area contributed by atoms with Gasteiger partial charge in [-0.05, 0) is 7.05 Å². The average Bonchev–Trinajstić information content (AvgIpc) is 1.46. The van der Waals surface area contributed by atoms with Crippen LogP contribution in [0.3, 0.4) is 0 Å². The molecule has 0 saturated heterocycles. The molecular formula is C4H11NW. The molecule has 0 amide bonds. The first-order valence-electron chi connectivity index (χ1n) is 1.56. The van der Waals surface area contributed by atoms with Gasteiger partial charge in [0.05, 0.1) is 0 Å². The SMILES string of the molecule is [CH2-]C.[CH2-]NC.[W+2]. The smallest absolute Gasteiger partial charge is 0.475 e. The Bertz CT molecular complexity index is 7.51. The van der Waals surface area contributed by atoms with Crippen molar-refractivity contribution in [3.05, 3.63) is 14.0 Å². The maximum Gasteiger partial charge on any atom is 2.00 e. The van der Waals surface area contributed by atoms with Crippen LogP contribution in [0.15, 0.2) is 0 Å².